The second-order valence-electron chi connectivity index (χ2n) is 4.28. The summed E-state index contributed by atoms with van der Waals surface area (Å²) in [5.41, 5.74) is 0.455. The van der Waals surface area contributed by atoms with Gasteiger partial charge in [0.25, 0.3) is 0 Å². The van der Waals surface area contributed by atoms with Gasteiger partial charge in [-0.05, 0) is 18.2 Å². The third-order valence-electron chi connectivity index (χ3n) is 2.93. The van der Waals surface area contributed by atoms with Gasteiger partial charge in [0, 0.05) is 22.4 Å². The van der Waals surface area contributed by atoms with Crippen LogP contribution in [0.4, 0.5) is 8.78 Å². The number of benzene rings is 1. The molecule has 106 valence electrons. The second kappa shape index (κ2) is 5.05. The zero-order valence-electron chi connectivity index (χ0n) is 10.2. The van der Waals surface area contributed by atoms with Crippen LogP contribution in [-0.2, 0) is 0 Å². The summed E-state index contributed by atoms with van der Waals surface area (Å²) in [4.78, 5) is 15.4. The summed E-state index contributed by atoms with van der Waals surface area (Å²) in [6.45, 7) is 0. The lowest BCUT2D eigenvalue weighted by molar-refractivity contribution is 0.0699. The molecule has 0 radical (unpaired) electrons. The SMILES string of the molecule is O=C(O)c1cc(-c2csc(Cl)c2)nc2c(F)cc(F)cc12. The maximum Gasteiger partial charge on any atom is 0.336 e. The van der Waals surface area contributed by atoms with Crippen molar-refractivity contribution in [1.29, 1.82) is 0 Å². The number of carboxylic acids is 1. The summed E-state index contributed by atoms with van der Waals surface area (Å²) in [6.07, 6.45) is 0. The second-order valence-corrected chi connectivity index (χ2v) is 5.83. The van der Waals surface area contributed by atoms with Crippen LogP contribution in [0.15, 0.2) is 29.6 Å². The molecule has 21 heavy (non-hydrogen) atoms. The first-order valence-electron chi connectivity index (χ1n) is 5.73. The quantitative estimate of drug-likeness (QED) is 0.749. The van der Waals surface area contributed by atoms with E-state index < -0.39 is 17.6 Å². The smallest absolute Gasteiger partial charge is 0.336 e. The van der Waals surface area contributed by atoms with E-state index in [1.54, 1.807) is 11.4 Å². The highest BCUT2D eigenvalue weighted by Crippen LogP contribution is 2.31. The lowest BCUT2D eigenvalue weighted by atomic mass is 10.1. The topological polar surface area (TPSA) is 50.2 Å². The van der Waals surface area contributed by atoms with Crippen LogP contribution in [0, 0.1) is 11.6 Å². The van der Waals surface area contributed by atoms with Gasteiger partial charge in [-0.25, -0.2) is 18.6 Å². The van der Waals surface area contributed by atoms with Crippen LogP contribution in [0.5, 0.6) is 0 Å². The number of hydrogen-bond donors (Lipinski definition) is 1. The van der Waals surface area contributed by atoms with Crippen LogP contribution < -0.4 is 0 Å². The first kappa shape index (κ1) is 13.9. The van der Waals surface area contributed by atoms with Gasteiger partial charge in [-0.2, -0.15) is 0 Å². The number of thiophene rings is 1. The van der Waals surface area contributed by atoms with Crippen molar-refractivity contribution in [2.45, 2.75) is 0 Å². The molecule has 0 aliphatic rings. The summed E-state index contributed by atoms with van der Waals surface area (Å²) in [5.74, 6) is -3.04. The number of halogens is 3. The number of hydrogen-bond acceptors (Lipinski definition) is 3. The Morgan fingerprint density at radius 3 is 2.62 bits per heavy atom. The van der Waals surface area contributed by atoms with Crippen molar-refractivity contribution in [3.63, 3.8) is 0 Å². The Bertz CT molecular complexity index is 879. The molecule has 0 saturated carbocycles. The summed E-state index contributed by atoms with van der Waals surface area (Å²) in [5, 5.41) is 10.9. The van der Waals surface area contributed by atoms with Crippen molar-refractivity contribution in [3.8, 4) is 11.3 Å². The van der Waals surface area contributed by atoms with E-state index in [0.717, 1.165) is 6.07 Å². The molecule has 3 aromatic rings. The molecule has 2 aromatic heterocycles. The van der Waals surface area contributed by atoms with Crippen molar-refractivity contribution >= 4 is 39.8 Å². The molecule has 1 N–H and O–H groups in total. The minimum absolute atomic E-state index is 0.0786. The summed E-state index contributed by atoms with van der Waals surface area (Å²) >= 11 is 7.08. The van der Waals surface area contributed by atoms with Crippen LogP contribution in [0.25, 0.3) is 22.2 Å². The molecule has 0 saturated heterocycles. The van der Waals surface area contributed by atoms with Crippen LogP contribution in [-0.4, -0.2) is 16.1 Å². The number of fused-ring (bicyclic) bond motifs is 1. The zero-order valence-corrected chi connectivity index (χ0v) is 11.8. The maximum absolute atomic E-state index is 13.9. The highest BCUT2D eigenvalue weighted by atomic mass is 35.5. The van der Waals surface area contributed by atoms with Crippen LogP contribution in [0.2, 0.25) is 4.34 Å². The van der Waals surface area contributed by atoms with Crippen molar-refractivity contribution in [2.75, 3.05) is 0 Å². The van der Waals surface area contributed by atoms with Gasteiger partial charge in [-0.15, -0.1) is 11.3 Å². The Labute approximate surface area is 126 Å². The number of carbonyl (C=O) groups is 1. The van der Waals surface area contributed by atoms with Crippen LogP contribution in [0.3, 0.4) is 0 Å². The summed E-state index contributed by atoms with van der Waals surface area (Å²) in [6, 6.07) is 4.51. The Hall–Kier alpha value is -2.05. The molecular formula is C14H6ClF2NO2S. The third-order valence-corrected chi connectivity index (χ3v) is 4.02. The molecule has 0 aliphatic carbocycles. The van der Waals surface area contributed by atoms with Gasteiger partial charge in [-0.3, -0.25) is 0 Å². The maximum atomic E-state index is 13.9. The van der Waals surface area contributed by atoms with Gasteiger partial charge in [0.15, 0.2) is 5.82 Å². The Kier molecular flexibility index (Phi) is 3.35. The molecule has 0 fully saturated rings. The lowest BCUT2D eigenvalue weighted by Crippen LogP contribution is -2.02. The van der Waals surface area contributed by atoms with Crippen LogP contribution in [0.1, 0.15) is 10.4 Å². The van der Waals surface area contributed by atoms with E-state index in [0.29, 0.717) is 16.0 Å². The average Bonchev–Trinajstić information content (AvgIpc) is 2.84. The van der Waals surface area contributed by atoms with E-state index in [1.165, 1.54) is 17.4 Å². The molecular weight excluding hydrogens is 320 g/mol. The fraction of sp³-hybridized carbons (Fsp3) is 0. The Morgan fingerprint density at radius 2 is 2.00 bits per heavy atom. The van der Waals surface area contributed by atoms with Crippen LogP contribution >= 0.6 is 22.9 Å². The largest absolute Gasteiger partial charge is 0.478 e. The number of carboxylic acid groups (broad SMARTS) is 1. The van der Waals surface area contributed by atoms with Gasteiger partial charge in [0.1, 0.15) is 11.3 Å². The molecule has 0 aliphatic heterocycles. The summed E-state index contributed by atoms with van der Waals surface area (Å²) in [7, 11) is 0. The molecule has 1 aromatic carbocycles. The van der Waals surface area contributed by atoms with Gasteiger partial charge in [0.2, 0.25) is 0 Å². The van der Waals surface area contributed by atoms with E-state index in [1.807, 2.05) is 0 Å². The minimum Gasteiger partial charge on any atom is -0.478 e. The van der Waals surface area contributed by atoms with Crippen molar-refractivity contribution < 1.29 is 18.7 Å². The molecule has 7 heteroatoms. The standard InChI is InChI=1S/C14H6ClF2NO2S/c15-12-1-6(5-21-12)11-4-9(14(19)20)8-2-7(16)3-10(17)13(8)18-11/h1-5H,(H,19,20). The fourth-order valence-corrected chi connectivity index (χ4v) is 2.90. The van der Waals surface area contributed by atoms with E-state index in [2.05, 4.69) is 4.98 Å². The number of aromatic nitrogens is 1. The highest BCUT2D eigenvalue weighted by Gasteiger charge is 2.17. The van der Waals surface area contributed by atoms with Gasteiger partial charge in [0.05, 0.1) is 15.6 Å². The number of pyridine rings is 1. The number of nitrogens with zero attached hydrogens (tertiary/aromatic N) is 1. The van der Waals surface area contributed by atoms with E-state index >= 15 is 0 Å². The van der Waals surface area contributed by atoms with E-state index in [-0.39, 0.29) is 22.2 Å². The molecule has 3 nitrogen and oxygen atoms in total. The summed E-state index contributed by atoms with van der Waals surface area (Å²) < 4.78 is 27.7. The van der Waals surface area contributed by atoms with E-state index in [4.69, 9.17) is 11.6 Å². The zero-order chi connectivity index (χ0) is 15.1. The van der Waals surface area contributed by atoms with Crippen molar-refractivity contribution in [3.05, 3.63) is 51.2 Å². The fourth-order valence-electron chi connectivity index (χ4n) is 2.02. The Balaban J connectivity index is 2.37. The van der Waals surface area contributed by atoms with Crippen molar-refractivity contribution in [1.82, 2.24) is 4.98 Å². The molecule has 0 unspecified atom stereocenters. The predicted molar refractivity (Wildman–Crippen MR) is 76.9 cm³/mol. The third kappa shape index (κ3) is 2.48. The molecule has 3 rings (SSSR count). The molecule has 0 amide bonds. The van der Waals surface area contributed by atoms with Gasteiger partial charge < -0.3 is 5.11 Å². The normalized spacial score (nSPS) is 11.0. The number of rotatable bonds is 2. The van der Waals surface area contributed by atoms with E-state index in [9.17, 15) is 18.7 Å². The predicted octanol–water partition coefficient (Wildman–Crippen LogP) is 4.59. The van der Waals surface area contributed by atoms with Gasteiger partial charge >= 0.3 is 5.97 Å². The van der Waals surface area contributed by atoms with Crippen molar-refractivity contribution in [2.24, 2.45) is 0 Å². The average molecular weight is 326 g/mol. The molecule has 0 atom stereocenters. The van der Waals surface area contributed by atoms with Gasteiger partial charge in [-0.1, -0.05) is 11.6 Å². The molecule has 0 spiro atoms. The monoisotopic (exact) mass is 325 g/mol. The lowest BCUT2D eigenvalue weighted by Gasteiger charge is -2.07. The minimum atomic E-state index is -1.28. The molecule has 0 bridgehead atoms. The number of aromatic carboxylic acids is 1. The molecule has 2 heterocycles. The Morgan fingerprint density at radius 1 is 1.24 bits per heavy atom. The first-order valence-corrected chi connectivity index (χ1v) is 6.99. The first-order chi connectivity index (χ1) is 9.95. The highest BCUT2D eigenvalue weighted by molar-refractivity contribution is 7.14.